The van der Waals surface area contributed by atoms with E-state index in [4.69, 9.17) is 14.2 Å². The van der Waals surface area contributed by atoms with E-state index in [1.165, 1.54) is 0 Å². The lowest BCUT2D eigenvalue weighted by Crippen LogP contribution is -2.15. The van der Waals surface area contributed by atoms with Crippen LogP contribution >= 0.6 is 0 Å². The minimum absolute atomic E-state index is 0.246. The van der Waals surface area contributed by atoms with Gasteiger partial charge in [0.15, 0.2) is 0 Å². The molecule has 0 spiro atoms. The third kappa shape index (κ3) is 8.32. The summed E-state index contributed by atoms with van der Waals surface area (Å²) in [5, 5.41) is 2.95. The van der Waals surface area contributed by atoms with E-state index in [-0.39, 0.29) is 18.3 Å². The molecule has 0 heterocycles. The molecule has 2 aromatic carbocycles. The molecule has 1 amide bonds. The molecule has 0 radical (unpaired) electrons. The van der Waals surface area contributed by atoms with Gasteiger partial charge in [-0.15, -0.1) is 0 Å². The summed E-state index contributed by atoms with van der Waals surface area (Å²) in [4.78, 5) is 24.3. The molecule has 0 aliphatic rings. The molecule has 0 aromatic heterocycles. The van der Waals surface area contributed by atoms with Crippen molar-refractivity contribution in [1.82, 2.24) is 0 Å². The number of carbonyl (C=O) groups is 2. The Hall–Kier alpha value is -3.02. The summed E-state index contributed by atoms with van der Waals surface area (Å²) in [6, 6.07) is 12.7. The quantitative estimate of drug-likeness (QED) is 0.363. The van der Waals surface area contributed by atoms with E-state index < -0.39 is 0 Å². The second-order valence-electron chi connectivity index (χ2n) is 7.72. The third-order valence-electron chi connectivity index (χ3n) is 4.63. The summed E-state index contributed by atoms with van der Waals surface area (Å²) in [5.41, 5.74) is 2.08. The van der Waals surface area contributed by atoms with Gasteiger partial charge in [-0.05, 0) is 68.5 Å². The maximum absolute atomic E-state index is 12.8. The van der Waals surface area contributed by atoms with Crippen LogP contribution in [-0.2, 0) is 9.53 Å². The monoisotopic (exact) mass is 427 g/mol. The van der Waals surface area contributed by atoms with E-state index >= 15 is 0 Å². The normalized spacial score (nSPS) is 10.6. The number of amides is 1. The van der Waals surface area contributed by atoms with Crippen LogP contribution in [0.25, 0.3) is 0 Å². The van der Waals surface area contributed by atoms with E-state index in [2.05, 4.69) is 19.2 Å². The van der Waals surface area contributed by atoms with Crippen molar-refractivity contribution in [2.45, 2.75) is 47.0 Å². The predicted molar refractivity (Wildman–Crippen MR) is 122 cm³/mol. The molecule has 0 saturated heterocycles. The lowest BCUT2D eigenvalue weighted by Gasteiger charge is -2.14. The zero-order valence-corrected chi connectivity index (χ0v) is 18.9. The Kier molecular flexibility index (Phi) is 9.88. The largest absolute Gasteiger partial charge is 0.494 e. The van der Waals surface area contributed by atoms with Gasteiger partial charge in [-0.3, -0.25) is 9.59 Å². The first-order chi connectivity index (χ1) is 14.9. The molecule has 0 fully saturated rings. The molecule has 2 aromatic rings. The molecule has 0 atom stereocenters. The van der Waals surface area contributed by atoms with Gasteiger partial charge in [0, 0.05) is 12.1 Å². The summed E-state index contributed by atoms with van der Waals surface area (Å²) in [6.45, 7) is 9.40. The molecule has 2 rings (SSSR count). The van der Waals surface area contributed by atoms with Gasteiger partial charge in [0.1, 0.15) is 11.5 Å². The molecule has 0 saturated carbocycles. The average molecular weight is 428 g/mol. The highest BCUT2D eigenvalue weighted by atomic mass is 16.5. The highest BCUT2D eigenvalue weighted by Crippen LogP contribution is 2.24. The van der Waals surface area contributed by atoms with Crippen molar-refractivity contribution in [3.63, 3.8) is 0 Å². The molecule has 0 aliphatic carbocycles. The minimum atomic E-state index is -0.252. The van der Waals surface area contributed by atoms with Gasteiger partial charge in [0.05, 0.1) is 25.4 Å². The van der Waals surface area contributed by atoms with Crippen LogP contribution in [0, 0.1) is 12.8 Å². The number of hydrogen-bond donors (Lipinski definition) is 1. The van der Waals surface area contributed by atoms with Crippen molar-refractivity contribution in [2.75, 3.05) is 25.1 Å². The van der Waals surface area contributed by atoms with Gasteiger partial charge >= 0.3 is 5.97 Å². The third-order valence-corrected chi connectivity index (χ3v) is 4.63. The number of anilines is 1. The van der Waals surface area contributed by atoms with Gasteiger partial charge < -0.3 is 19.5 Å². The van der Waals surface area contributed by atoms with Gasteiger partial charge in [-0.25, -0.2) is 0 Å². The van der Waals surface area contributed by atoms with Crippen molar-refractivity contribution in [3.05, 3.63) is 53.6 Å². The van der Waals surface area contributed by atoms with Gasteiger partial charge in [0.25, 0.3) is 5.91 Å². The number of para-hydroxylation sites is 1. The predicted octanol–water partition coefficient (Wildman–Crippen LogP) is 5.39. The topological polar surface area (TPSA) is 73.9 Å². The summed E-state index contributed by atoms with van der Waals surface area (Å²) >= 11 is 0. The second kappa shape index (κ2) is 12.6. The summed E-state index contributed by atoms with van der Waals surface area (Å²) in [6.07, 6.45) is 1.80. The van der Waals surface area contributed by atoms with Crippen LogP contribution < -0.4 is 14.8 Å². The average Bonchev–Trinajstić information content (AvgIpc) is 2.73. The first-order valence-corrected chi connectivity index (χ1v) is 10.8. The van der Waals surface area contributed by atoms with Crippen LogP contribution in [0.2, 0.25) is 0 Å². The lowest BCUT2D eigenvalue weighted by molar-refractivity contribution is -0.143. The molecule has 31 heavy (non-hydrogen) atoms. The lowest BCUT2D eigenvalue weighted by atomic mass is 10.1. The van der Waals surface area contributed by atoms with Crippen molar-refractivity contribution in [3.8, 4) is 11.5 Å². The molecule has 0 unspecified atom stereocenters. The second-order valence-corrected chi connectivity index (χ2v) is 7.72. The van der Waals surface area contributed by atoms with Crippen molar-refractivity contribution < 1.29 is 23.8 Å². The highest BCUT2D eigenvalue weighted by Gasteiger charge is 2.14. The molecule has 1 N–H and O–H groups in total. The van der Waals surface area contributed by atoms with E-state index in [0.717, 1.165) is 23.4 Å². The van der Waals surface area contributed by atoms with E-state index in [1.54, 1.807) is 25.1 Å². The molecular formula is C25H33NO5. The van der Waals surface area contributed by atoms with Gasteiger partial charge in [-0.2, -0.15) is 0 Å². The summed E-state index contributed by atoms with van der Waals surface area (Å²) < 4.78 is 16.4. The zero-order chi connectivity index (χ0) is 22.6. The smallest absolute Gasteiger partial charge is 0.305 e. The number of hydrogen-bond acceptors (Lipinski definition) is 5. The molecule has 0 aliphatic heterocycles. The SMILES string of the molecule is CCOC(=O)CCCOc1ccccc1C(=O)Nc1ccc(OCCC(C)C)cc1C. The fourth-order valence-corrected chi connectivity index (χ4v) is 2.88. The molecular weight excluding hydrogens is 394 g/mol. The van der Waals surface area contributed by atoms with Gasteiger partial charge in [0.2, 0.25) is 0 Å². The number of esters is 1. The highest BCUT2D eigenvalue weighted by molar-refractivity contribution is 6.06. The van der Waals surface area contributed by atoms with Crippen molar-refractivity contribution >= 4 is 17.6 Å². The first-order valence-electron chi connectivity index (χ1n) is 10.8. The maximum atomic E-state index is 12.8. The van der Waals surface area contributed by atoms with Crippen LogP contribution in [0.15, 0.2) is 42.5 Å². The molecule has 6 nitrogen and oxygen atoms in total. The van der Waals surface area contributed by atoms with E-state index in [0.29, 0.717) is 43.5 Å². The molecule has 6 heteroatoms. The Balaban J connectivity index is 1.95. The molecule has 168 valence electrons. The van der Waals surface area contributed by atoms with Crippen molar-refractivity contribution in [2.24, 2.45) is 5.92 Å². The van der Waals surface area contributed by atoms with Crippen LogP contribution in [0.1, 0.15) is 56.0 Å². The number of benzene rings is 2. The molecule has 0 bridgehead atoms. The van der Waals surface area contributed by atoms with E-state index in [9.17, 15) is 9.59 Å². The number of nitrogens with one attached hydrogen (secondary N) is 1. The van der Waals surface area contributed by atoms with E-state index in [1.807, 2.05) is 31.2 Å². The maximum Gasteiger partial charge on any atom is 0.305 e. The summed E-state index contributed by atoms with van der Waals surface area (Å²) in [5.74, 6) is 1.37. The number of aryl methyl sites for hydroxylation is 1. The van der Waals surface area contributed by atoms with Crippen LogP contribution in [0.4, 0.5) is 5.69 Å². The number of rotatable bonds is 12. The van der Waals surface area contributed by atoms with Crippen LogP contribution in [0.3, 0.4) is 0 Å². The standard InChI is InChI=1S/C25H33NO5/c1-5-29-24(27)11-8-15-31-23-10-7-6-9-21(23)25(28)26-22-13-12-20(17-19(22)4)30-16-14-18(2)3/h6-7,9-10,12-13,17-18H,5,8,11,14-16H2,1-4H3,(H,26,28). The Bertz CT molecular complexity index is 863. The fraction of sp³-hybridized carbons (Fsp3) is 0.440. The Morgan fingerprint density at radius 1 is 1.03 bits per heavy atom. The first kappa shape index (κ1) is 24.3. The van der Waals surface area contributed by atoms with Crippen molar-refractivity contribution in [1.29, 1.82) is 0 Å². The Labute approximate surface area is 184 Å². The van der Waals surface area contributed by atoms with Crippen LogP contribution in [0.5, 0.6) is 11.5 Å². The van der Waals surface area contributed by atoms with Crippen LogP contribution in [-0.4, -0.2) is 31.7 Å². The Morgan fingerprint density at radius 2 is 1.81 bits per heavy atom. The number of ether oxygens (including phenoxy) is 3. The Morgan fingerprint density at radius 3 is 2.52 bits per heavy atom. The van der Waals surface area contributed by atoms with Gasteiger partial charge in [-0.1, -0.05) is 26.0 Å². The summed E-state index contributed by atoms with van der Waals surface area (Å²) in [7, 11) is 0. The number of carbonyl (C=O) groups excluding carboxylic acids is 2. The minimum Gasteiger partial charge on any atom is -0.494 e. The zero-order valence-electron chi connectivity index (χ0n) is 18.9. The fourth-order valence-electron chi connectivity index (χ4n) is 2.88.